The Morgan fingerprint density at radius 3 is 0.878 bits per heavy atom. The summed E-state index contributed by atoms with van der Waals surface area (Å²) in [6, 6.07) is 9.82. The van der Waals surface area contributed by atoms with Crippen molar-refractivity contribution in [2.75, 3.05) is 19.8 Å². The van der Waals surface area contributed by atoms with Crippen LogP contribution in [0.15, 0.2) is 36.4 Å². The molecule has 0 atom stereocenters. The van der Waals surface area contributed by atoms with Gasteiger partial charge in [0.1, 0.15) is 0 Å². The predicted molar refractivity (Wildman–Crippen MR) is 296 cm³/mol. The van der Waals surface area contributed by atoms with Gasteiger partial charge in [-0.3, -0.25) is 0 Å². The van der Waals surface area contributed by atoms with Gasteiger partial charge < -0.3 is 14.2 Å². The van der Waals surface area contributed by atoms with Crippen molar-refractivity contribution >= 4 is 0 Å². The predicted octanol–water partition coefficient (Wildman–Crippen LogP) is 20.8. The van der Waals surface area contributed by atoms with E-state index < -0.39 is 34.9 Å². The van der Waals surface area contributed by atoms with Crippen LogP contribution in [0.25, 0.3) is 0 Å². The average molecular weight is 1040 g/mol. The van der Waals surface area contributed by atoms with E-state index in [1.807, 2.05) is 6.92 Å². The largest absolute Gasteiger partial charge is 0.490 e. The van der Waals surface area contributed by atoms with Gasteiger partial charge in [0.2, 0.25) is 17.5 Å². The molecule has 0 bridgehead atoms. The molecule has 0 unspecified atom stereocenters. The SMILES string of the molecule is CCCCCC1CCC(COc2ccc(CCC)c(F)c2F)CC1.CCCCCc1ccc(OCC2CCC(CCC)CC2)c(F)c1F.CCCCCc1ccc(OCC2CCC(CCCCC)CC2)c(F)c1F. The van der Waals surface area contributed by atoms with Crippen LogP contribution in [0.2, 0.25) is 0 Å². The van der Waals surface area contributed by atoms with Crippen LogP contribution in [0.1, 0.15) is 244 Å². The summed E-state index contributed by atoms with van der Waals surface area (Å²) in [7, 11) is 0. The summed E-state index contributed by atoms with van der Waals surface area (Å²) in [4.78, 5) is 0. The van der Waals surface area contributed by atoms with Crippen molar-refractivity contribution in [1.29, 1.82) is 0 Å². The molecule has 0 heterocycles. The second-order valence-electron chi connectivity index (χ2n) is 22.6. The molecular weight excluding hydrogens is 943 g/mol. The van der Waals surface area contributed by atoms with E-state index in [2.05, 4.69) is 34.6 Å². The maximum Gasteiger partial charge on any atom is 0.200 e. The van der Waals surface area contributed by atoms with Gasteiger partial charge >= 0.3 is 0 Å². The van der Waals surface area contributed by atoms with E-state index in [1.54, 1.807) is 36.4 Å². The Labute approximate surface area is 446 Å². The van der Waals surface area contributed by atoms with Gasteiger partial charge in [-0.2, -0.15) is 13.2 Å². The molecule has 0 amide bonds. The molecule has 0 aliphatic heterocycles. The summed E-state index contributed by atoms with van der Waals surface area (Å²) < 4.78 is 102. The van der Waals surface area contributed by atoms with Crippen LogP contribution in [0, 0.1) is 70.4 Å². The number of hydrogen-bond donors (Lipinski definition) is 0. The Morgan fingerprint density at radius 1 is 0.297 bits per heavy atom. The molecule has 3 aliphatic rings. The second kappa shape index (κ2) is 36.6. The van der Waals surface area contributed by atoms with E-state index in [-0.39, 0.29) is 17.2 Å². The first-order valence-electron chi connectivity index (χ1n) is 30.2. The van der Waals surface area contributed by atoms with Gasteiger partial charge in [0, 0.05) is 0 Å². The fourth-order valence-corrected chi connectivity index (χ4v) is 11.5. The Balaban J connectivity index is 0.000000241. The van der Waals surface area contributed by atoms with Gasteiger partial charge in [0.25, 0.3) is 0 Å². The lowest BCUT2D eigenvalue weighted by Gasteiger charge is -2.28. The van der Waals surface area contributed by atoms with E-state index in [1.165, 1.54) is 103 Å². The van der Waals surface area contributed by atoms with Crippen LogP contribution < -0.4 is 14.2 Å². The molecule has 6 rings (SSSR count). The highest BCUT2D eigenvalue weighted by Gasteiger charge is 2.26. The quantitative estimate of drug-likeness (QED) is 0.0512. The highest BCUT2D eigenvalue weighted by molar-refractivity contribution is 5.33. The second-order valence-corrected chi connectivity index (χ2v) is 22.6. The molecule has 3 fully saturated rings. The number of aryl methyl sites for hydroxylation is 3. The van der Waals surface area contributed by atoms with Gasteiger partial charge in [-0.25, -0.2) is 13.2 Å². The van der Waals surface area contributed by atoms with Gasteiger partial charge in [-0.1, -0.05) is 195 Å². The van der Waals surface area contributed by atoms with Crippen LogP contribution in [-0.4, -0.2) is 19.8 Å². The van der Waals surface area contributed by atoms with E-state index in [0.717, 1.165) is 101 Å². The molecule has 3 nitrogen and oxygen atoms in total. The molecule has 0 N–H and O–H groups in total. The van der Waals surface area contributed by atoms with Gasteiger partial charge in [0.05, 0.1) is 19.8 Å². The van der Waals surface area contributed by atoms with Gasteiger partial charge in [0.15, 0.2) is 34.7 Å². The highest BCUT2D eigenvalue weighted by atomic mass is 19.2. The summed E-state index contributed by atoms with van der Waals surface area (Å²) in [5.74, 6) is -0.439. The molecule has 0 saturated heterocycles. The number of unbranched alkanes of at least 4 members (excludes halogenated alkanes) is 8. The highest BCUT2D eigenvalue weighted by Crippen LogP contribution is 2.36. The van der Waals surface area contributed by atoms with E-state index in [9.17, 15) is 26.3 Å². The minimum Gasteiger partial charge on any atom is -0.490 e. The fraction of sp³-hybridized carbons (Fsp3) is 0.723. The fourth-order valence-electron chi connectivity index (χ4n) is 11.5. The van der Waals surface area contributed by atoms with Gasteiger partial charge in [-0.05, 0) is 141 Å². The van der Waals surface area contributed by atoms with Crippen molar-refractivity contribution in [2.24, 2.45) is 35.5 Å². The topological polar surface area (TPSA) is 27.7 Å². The van der Waals surface area contributed by atoms with E-state index >= 15 is 0 Å². The van der Waals surface area contributed by atoms with Crippen molar-refractivity contribution in [1.82, 2.24) is 0 Å². The van der Waals surface area contributed by atoms with Crippen molar-refractivity contribution < 1.29 is 40.6 Å². The zero-order chi connectivity index (χ0) is 53.5. The van der Waals surface area contributed by atoms with E-state index in [4.69, 9.17) is 14.2 Å². The summed E-state index contributed by atoms with van der Waals surface area (Å²) in [6.07, 6.45) is 36.2. The summed E-state index contributed by atoms with van der Waals surface area (Å²) >= 11 is 0. The van der Waals surface area contributed by atoms with Crippen molar-refractivity contribution in [3.05, 3.63) is 88.0 Å². The molecule has 0 spiro atoms. The van der Waals surface area contributed by atoms with E-state index in [0.29, 0.717) is 73.5 Å². The number of hydrogen-bond acceptors (Lipinski definition) is 3. The van der Waals surface area contributed by atoms with Crippen molar-refractivity contribution in [3.63, 3.8) is 0 Å². The van der Waals surface area contributed by atoms with Crippen molar-refractivity contribution in [3.8, 4) is 17.2 Å². The van der Waals surface area contributed by atoms with Gasteiger partial charge in [-0.15, -0.1) is 0 Å². The lowest BCUT2D eigenvalue weighted by Crippen LogP contribution is -2.20. The third-order valence-corrected chi connectivity index (χ3v) is 16.5. The molecule has 0 aromatic heterocycles. The number of ether oxygens (including phenoxy) is 3. The lowest BCUT2D eigenvalue weighted by atomic mass is 9.80. The van der Waals surface area contributed by atoms with Crippen LogP contribution in [0.5, 0.6) is 17.2 Å². The standard InChI is InChI=1S/C23H36F2O.2C21H32F2O/c1-3-5-7-9-18-11-13-19(14-12-18)17-26-21-16-15-20(10-8-6-4-2)22(24)23(21)25;1-3-5-6-8-16-9-11-17(12-10-16)15-24-19-14-13-18(7-4-2)20(22)21(19)23;1-3-5-6-8-18-13-14-19(21(23)20(18)22)24-15-17-11-9-16(7-4-2)10-12-17/h15-16,18-19H,3-14,17H2,1-2H3;2*13-14,16-17H,3-12,15H2,1-2H3. The normalized spacial score (nSPS) is 20.8. The third-order valence-electron chi connectivity index (χ3n) is 16.5. The smallest absolute Gasteiger partial charge is 0.200 e. The molecule has 3 aromatic rings. The molecule has 0 radical (unpaired) electrons. The zero-order valence-electron chi connectivity index (χ0n) is 47.2. The Kier molecular flexibility index (Phi) is 31.3. The average Bonchev–Trinajstić information content (AvgIpc) is 3.41. The number of benzene rings is 3. The first kappa shape index (κ1) is 63.2. The molecule has 3 aliphatic carbocycles. The molecule has 420 valence electrons. The third kappa shape index (κ3) is 22.3. The first-order valence-corrected chi connectivity index (χ1v) is 30.2. The Hall–Kier alpha value is -3.36. The Morgan fingerprint density at radius 2 is 0.581 bits per heavy atom. The summed E-state index contributed by atoms with van der Waals surface area (Å²) in [5.41, 5.74) is 1.37. The van der Waals surface area contributed by atoms with Crippen LogP contribution in [0.4, 0.5) is 26.3 Å². The molecule has 74 heavy (non-hydrogen) atoms. The number of halogens is 6. The first-order chi connectivity index (χ1) is 36.0. The molecular formula is C65H100F6O3. The maximum atomic E-state index is 14.3. The summed E-state index contributed by atoms with van der Waals surface area (Å²) in [6.45, 7) is 14.4. The summed E-state index contributed by atoms with van der Waals surface area (Å²) in [5, 5.41) is 0. The maximum absolute atomic E-state index is 14.3. The minimum absolute atomic E-state index is 0.0671. The minimum atomic E-state index is -0.825. The molecule has 3 saturated carbocycles. The number of rotatable bonds is 29. The lowest BCUT2D eigenvalue weighted by molar-refractivity contribution is 0.172. The van der Waals surface area contributed by atoms with Crippen LogP contribution >= 0.6 is 0 Å². The van der Waals surface area contributed by atoms with Crippen molar-refractivity contribution in [2.45, 2.75) is 247 Å². The Bertz CT molecular complexity index is 1950. The molecule has 9 heteroatoms. The molecule has 3 aromatic carbocycles. The van der Waals surface area contributed by atoms with Crippen LogP contribution in [-0.2, 0) is 19.3 Å². The van der Waals surface area contributed by atoms with Crippen LogP contribution in [0.3, 0.4) is 0 Å². The monoisotopic (exact) mass is 1040 g/mol. The zero-order valence-corrected chi connectivity index (χ0v) is 47.2.